The van der Waals surface area contributed by atoms with Crippen LogP contribution < -0.4 is 9.47 Å². The fraction of sp³-hybridized carbons (Fsp3) is 0.531. The molecule has 0 radical (unpaired) electrons. The number of fused-ring (bicyclic) bond motifs is 4. The van der Waals surface area contributed by atoms with Crippen LogP contribution in [0.5, 0.6) is 11.5 Å². The van der Waals surface area contributed by atoms with Crippen molar-refractivity contribution in [1.82, 2.24) is 18.9 Å². The van der Waals surface area contributed by atoms with Gasteiger partial charge < -0.3 is 14.0 Å². The molecule has 0 spiro atoms. The van der Waals surface area contributed by atoms with Crippen LogP contribution in [0.15, 0.2) is 36.4 Å². The van der Waals surface area contributed by atoms with Gasteiger partial charge in [0.25, 0.3) is 0 Å². The maximum Gasteiger partial charge on any atom is 0.170 e. The maximum atomic E-state index is 13.4. The number of ketones is 1. The third-order valence-electron chi connectivity index (χ3n) is 9.61. The topological polar surface area (TPSA) is 50.2 Å². The number of carbonyl (C=O) groups is 1. The Hall–Kier alpha value is -2.52. The fourth-order valence-electron chi connectivity index (χ4n) is 7.40. The Morgan fingerprint density at radius 1 is 1.10 bits per heavy atom. The van der Waals surface area contributed by atoms with E-state index in [2.05, 4.69) is 51.7 Å². The van der Waals surface area contributed by atoms with E-state index in [0.29, 0.717) is 25.6 Å². The van der Waals surface area contributed by atoms with Crippen molar-refractivity contribution in [3.63, 3.8) is 0 Å². The van der Waals surface area contributed by atoms with Gasteiger partial charge in [-0.3, -0.25) is 9.69 Å². The van der Waals surface area contributed by atoms with Crippen LogP contribution >= 0.6 is 12.8 Å². The van der Waals surface area contributed by atoms with Gasteiger partial charge in [0.15, 0.2) is 11.5 Å². The number of ether oxygens (including phenoxy) is 2. The molecule has 4 bridgehead atoms. The second-order valence-electron chi connectivity index (χ2n) is 11.9. The summed E-state index contributed by atoms with van der Waals surface area (Å²) in [5, 5.41) is 3.42. The summed E-state index contributed by atoms with van der Waals surface area (Å²) >= 11 is 4.87. The third kappa shape index (κ3) is 4.63. The second-order valence-corrected chi connectivity index (χ2v) is 12.4. The molecule has 40 heavy (non-hydrogen) atoms. The number of thiol groups is 1. The second kappa shape index (κ2) is 11.0. The molecule has 3 atom stereocenters. The Morgan fingerprint density at radius 2 is 1.88 bits per heavy atom. The summed E-state index contributed by atoms with van der Waals surface area (Å²) in [4.78, 5) is 15.6. The van der Waals surface area contributed by atoms with Crippen LogP contribution in [0.3, 0.4) is 0 Å². The molecule has 214 valence electrons. The van der Waals surface area contributed by atoms with Gasteiger partial charge in [0.1, 0.15) is 5.78 Å². The molecular weight excluding hydrogens is 520 g/mol. The number of Topliss-reactive ketones (excluding diaryl/α,β-unsaturated/α-hetero) is 1. The molecule has 3 aliphatic rings. The number of rotatable bonds is 3. The first-order valence-corrected chi connectivity index (χ1v) is 15.1. The molecular formula is C32H42N4O3S. The molecule has 2 aliphatic heterocycles. The number of likely N-dealkylation sites (N-methyl/N-ethyl adjacent to an activating group) is 1. The highest BCUT2D eigenvalue weighted by Crippen LogP contribution is 2.49. The average Bonchev–Trinajstić information content (AvgIpc) is 3.25. The van der Waals surface area contributed by atoms with E-state index in [4.69, 9.17) is 22.3 Å². The molecule has 0 N–H and O–H groups in total. The van der Waals surface area contributed by atoms with Gasteiger partial charge >= 0.3 is 0 Å². The summed E-state index contributed by atoms with van der Waals surface area (Å²) in [7, 11) is 5.79. The number of para-hydroxylation sites is 1. The van der Waals surface area contributed by atoms with Gasteiger partial charge in [-0.25, -0.2) is 5.01 Å². The lowest BCUT2D eigenvalue weighted by atomic mass is 9.81. The number of benzene rings is 2. The lowest BCUT2D eigenvalue weighted by Gasteiger charge is -2.43. The van der Waals surface area contributed by atoms with E-state index in [1.54, 1.807) is 14.0 Å². The van der Waals surface area contributed by atoms with Gasteiger partial charge in [-0.05, 0) is 69.0 Å². The SMILES string of the molecule is COc1cccc2c1OC[C@@H]1Cn3c-2c(C2CCCCC2)c2ccc(cc23)CN(S)N(C)C(C)N(C)C1C(C)=O. The number of hydrazine groups is 1. The van der Waals surface area contributed by atoms with Crippen molar-refractivity contribution in [2.24, 2.45) is 5.92 Å². The zero-order valence-corrected chi connectivity index (χ0v) is 25.3. The molecule has 0 amide bonds. The highest BCUT2D eigenvalue weighted by atomic mass is 32.1. The zero-order valence-electron chi connectivity index (χ0n) is 24.4. The maximum absolute atomic E-state index is 13.4. The number of nitrogens with zero attached hydrogens (tertiary/aromatic N) is 4. The van der Waals surface area contributed by atoms with Gasteiger partial charge in [0, 0.05) is 42.5 Å². The zero-order chi connectivity index (χ0) is 28.1. The largest absolute Gasteiger partial charge is 0.493 e. The summed E-state index contributed by atoms with van der Waals surface area (Å²) in [6.45, 7) is 5.62. The van der Waals surface area contributed by atoms with Crippen LogP contribution in [-0.2, 0) is 17.9 Å². The van der Waals surface area contributed by atoms with Crippen molar-refractivity contribution in [3.05, 3.63) is 47.5 Å². The van der Waals surface area contributed by atoms with Crippen molar-refractivity contribution >= 4 is 29.5 Å². The molecule has 7 nitrogen and oxygen atoms in total. The van der Waals surface area contributed by atoms with Crippen molar-refractivity contribution in [3.8, 4) is 22.8 Å². The lowest BCUT2D eigenvalue weighted by molar-refractivity contribution is -0.129. The van der Waals surface area contributed by atoms with Crippen LogP contribution in [0.2, 0.25) is 0 Å². The number of aromatic nitrogens is 1. The van der Waals surface area contributed by atoms with Crippen molar-refractivity contribution in [2.75, 3.05) is 27.8 Å². The first-order chi connectivity index (χ1) is 19.3. The van der Waals surface area contributed by atoms with Crippen molar-refractivity contribution < 1.29 is 14.3 Å². The quantitative estimate of drug-likeness (QED) is 0.389. The molecule has 6 rings (SSSR count). The van der Waals surface area contributed by atoms with Crippen molar-refractivity contribution in [2.45, 2.75) is 77.2 Å². The molecule has 1 fully saturated rings. The van der Waals surface area contributed by atoms with E-state index >= 15 is 0 Å². The highest BCUT2D eigenvalue weighted by Gasteiger charge is 2.39. The molecule has 0 saturated heterocycles. The lowest BCUT2D eigenvalue weighted by Crippen LogP contribution is -2.56. The molecule has 2 unspecified atom stereocenters. The minimum atomic E-state index is -0.332. The molecule has 8 heteroatoms. The van der Waals surface area contributed by atoms with E-state index in [1.165, 1.54) is 59.8 Å². The van der Waals surface area contributed by atoms with E-state index in [-0.39, 0.29) is 23.9 Å². The summed E-state index contributed by atoms with van der Waals surface area (Å²) in [5.74, 6) is 2.08. The van der Waals surface area contributed by atoms with Crippen LogP contribution in [0, 0.1) is 5.92 Å². The van der Waals surface area contributed by atoms with E-state index in [0.717, 1.165) is 17.1 Å². The Labute approximate surface area is 243 Å². The van der Waals surface area contributed by atoms with E-state index in [9.17, 15) is 4.79 Å². The summed E-state index contributed by atoms with van der Waals surface area (Å²) in [6.07, 6.45) is 6.17. The normalized spacial score (nSPS) is 25.1. The van der Waals surface area contributed by atoms with Gasteiger partial charge in [-0.2, -0.15) is 4.41 Å². The summed E-state index contributed by atoms with van der Waals surface area (Å²) in [6, 6.07) is 12.8. The van der Waals surface area contributed by atoms with Gasteiger partial charge in [0.2, 0.25) is 0 Å². The first kappa shape index (κ1) is 27.6. The van der Waals surface area contributed by atoms with Crippen LogP contribution in [0.4, 0.5) is 0 Å². The summed E-state index contributed by atoms with van der Waals surface area (Å²) < 4.78 is 17.0. The average molecular weight is 563 g/mol. The third-order valence-corrected chi connectivity index (χ3v) is 10.0. The molecule has 1 saturated carbocycles. The van der Waals surface area contributed by atoms with Crippen molar-refractivity contribution in [1.29, 1.82) is 0 Å². The standard InChI is InChI=1S/C32H42N4O3S/c1-20(37)30-24-18-35-27-16-22(17-36(40)34(4)21(2)33(30)3)14-15-25(27)29(23-10-7-6-8-11-23)31(35)26-12-9-13-28(38-5)32(26)39-19-24/h9,12-16,21,23-24,30,40H,6-8,10-11,17-19H2,1-5H3/t21?,24-,30?/m0/s1. The Balaban J connectivity index is 1.68. The van der Waals surface area contributed by atoms with Crippen LogP contribution in [0.25, 0.3) is 22.2 Å². The van der Waals surface area contributed by atoms with E-state index in [1.807, 2.05) is 24.6 Å². The predicted molar refractivity (Wildman–Crippen MR) is 163 cm³/mol. The van der Waals surface area contributed by atoms with Crippen LogP contribution in [0.1, 0.15) is 63.0 Å². The highest BCUT2D eigenvalue weighted by molar-refractivity contribution is 7.77. The molecule has 3 aromatic rings. The minimum Gasteiger partial charge on any atom is -0.493 e. The monoisotopic (exact) mass is 562 g/mol. The fourth-order valence-corrected chi connectivity index (χ4v) is 7.71. The Morgan fingerprint density at radius 3 is 2.60 bits per heavy atom. The van der Waals surface area contributed by atoms with Gasteiger partial charge in [0.05, 0.1) is 31.6 Å². The van der Waals surface area contributed by atoms with Gasteiger partial charge in [-0.15, -0.1) is 0 Å². The smallest absolute Gasteiger partial charge is 0.170 e. The van der Waals surface area contributed by atoms with E-state index < -0.39 is 0 Å². The molecule has 1 aliphatic carbocycles. The molecule has 3 heterocycles. The number of methoxy groups -OCH3 is 1. The number of hydrogen-bond donors (Lipinski definition) is 1. The molecule has 1 aromatic heterocycles. The minimum absolute atomic E-state index is 0.0526. The number of carbonyl (C=O) groups excluding carboxylic acids is 1. The summed E-state index contributed by atoms with van der Waals surface area (Å²) in [5.41, 5.74) is 6.18. The number of hydrogen-bond acceptors (Lipinski definition) is 7. The predicted octanol–water partition coefficient (Wildman–Crippen LogP) is 6.12. The Kier molecular flexibility index (Phi) is 7.63. The molecule has 2 aromatic carbocycles. The first-order valence-electron chi connectivity index (χ1n) is 14.7. The Bertz CT molecular complexity index is 1410. The van der Waals surface area contributed by atoms with Crippen LogP contribution in [-0.4, -0.2) is 64.7 Å². The van der Waals surface area contributed by atoms with Gasteiger partial charge in [-0.1, -0.05) is 50.3 Å².